The van der Waals surface area contributed by atoms with E-state index in [1.165, 1.54) is 5.56 Å². The van der Waals surface area contributed by atoms with Crippen LogP contribution in [0.3, 0.4) is 0 Å². The van der Waals surface area contributed by atoms with Gasteiger partial charge in [0.2, 0.25) is 0 Å². The van der Waals surface area contributed by atoms with Crippen LogP contribution in [-0.4, -0.2) is 71.7 Å². The average molecular weight is 343 g/mol. The lowest BCUT2D eigenvalue weighted by atomic mass is 9.74. The van der Waals surface area contributed by atoms with Crippen LogP contribution in [0, 0.1) is 11.3 Å². The Kier molecular flexibility index (Phi) is 4.69. The number of urea groups is 1. The first-order valence-corrected chi connectivity index (χ1v) is 9.61. The molecule has 5 nitrogen and oxygen atoms in total. The van der Waals surface area contributed by atoms with Gasteiger partial charge in [0.1, 0.15) is 0 Å². The minimum absolute atomic E-state index is 0.150. The number of hydrogen-bond acceptors (Lipinski definition) is 3. The van der Waals surface area contributed by atoms with E-state index in [4.69, 9.17) is 0 Å². The first kappa shape index (κ1) is 16.9. The monoisotopic (exact) mass is 343 g/mol. The molecule has 3 fully saturated rings. The van der Waals surface area contributed by atoms with Gasteiger partial charge < -0.3 is 14.9 Å². The molecule has 0 spiro atoms. The number of hydrogen-bond donors (Lipinski definition) is 1. The molecule has 0 aliphatic carbocycles. The molecule has 3 heterocycles. The maximum Gasteiger partial charge on any atom is 0.320 e. The summed E-state index contributed by atoms with van der Waals surface area (Å²) in [7, 11) is 0. The van der Waals surface area contributed by atoms with Crippen molar-refractivity contribution in [2.75, 3.05) is 45.9 Å². The lowest BCUT2D eigenvalue weighted by Crippen LogP contribution is -2.55. The zero-order chi connectivity index (χ0) is 17.3. The van der Waals surface area contributed by atoms with E-state index in [0.717, 1.165) is 58.5 Å². The molecule has 0 unspecified atom stereocenters. The zero-order valence-electron chi connectivity index (χ0n) is 14.9. The van der Waals surface area contributed by atoms with Crippen molar-refractivity contribution in [1.29, 1.82) is 0 Å². The van der Waals surface area contributed by atoms with Gasteiger partial charge in [0, 0.05) is 51.2 Å². The summed E-state index contributed by atoms with van der Waals surface area (Å²) in [6.07, 6.45) is 3.25. The molecule has 0 aromatic heterocycles. The van der Waals surface area contributed by atoms with Crippen LogP contribution in [-0.2, 0) is 6.54 Å². The number of nitrogens with zero attached hydrogens (tertiary/aromatic N) is 3. The molecular formula is C20H29N3O2. The second kappa shape index (κ2) is 6.96. The first-order chi connectivity index (χ1) is 12.2. The van der Waals surface area contributed by atoms with Crippen molar-refractivity contribution >= 4 is 6.03 Å². The van der Waals surface area contributed by atoms with Crippen molar-refractivity contribution in [3.8, 4) is 0 Å². The van der Waals surface area contributed by atoms with Gasteiger partial charge in [-0.05, 0) is 30.7 Å². The first-order valence-electron chi connectivity index (χ1n) is 9.61. The maximum atomic E-state index is 12.8. The summed E-state index contributed by atoms with van der Waals surface area (Å²) in [4.78, 5) is 19.2. The Balaban J connectivity index is 1.44. The fourth-order valence-corrected chi connectivity index (χ4v) is 4.95. The summed E-state index contributed by atoms with van der Waals surface area (Å²) < 4.78 is 0. The van der Waals surface area contributed by atoms with Crippen molar-refractivity contribution in [3.63, 3.8) is 0 Å². The van der Waals surface area contributed by atoms with E-state index in [0.29, 0.717) is 12.5 Å². The molecule has 25 heavy (non-hydrogen) atoms. The summed E-state index contributed by atoms with van der Waals surface area (Å²) in [6.45, 7) is 6.34. The van der Waals surface area contributed by atoms with E-state index < -0.39 is 0 Å². The van der Waals surface area contributed by atoms with Gasteiger partial charge >= 0.3 is 6.03 Å². The third-order valence-electron chi connectivity index (χ3n) is 6.35. The largest absolute Gasteiger partial charge is 0.396 e. The number of aliphatic hydroxyl groups is 1. The fourth-order valence-electron chi connectivity index (χ4n) is 4.95. The molecule has 5 heteroatoms. The Labute approximate surface area is 150 Å². The zero-order valence-corrected chi connectivity index (χ0v) is 14.9. The maximum absolute atomic E-state index is 12.8. The highest BCUT2D eigenvalue weighted by atomic mass is 16.3. The number of rotatable bonds is 3. The van der Waals surface area contributed by atoms with E-state index in [-0.39, 0.29) is 18.1 Å². The van der Waals surface area contributed by atoms with Crippen LogP contribution in [0.5, 0.6) is 0 Å². The van der Waals surface area contributed by atoms with Gasteiger partial charge in [0.15, 0.2) is 0 Å². The molecule has 136 valence electrons. The minimum atomic E-state index is -0.150. The molecule has 1 aromatic carbocycles. The van der Waals surface area contributed by atoms with E-state index in [9.17, 15) is 9.90 Å². The van der Waals surface area contributed by atoms with Gasteiger partial charge in [-0.25, -0.2) is 4.79 Å². The SMILES string of the molecule is O=C(N1CCCC1)N1CC[C@H]2CN(Cc3ccccc3)C[C@@]2(CO)C1. The summed E-state index contributed by atoms with van der Waals surface area (Å²) in [5, 5.41) is 10.2. The molecule has 0 saturated carbocycles. The lowest BCUT2D eigenvalue weighted by molar-refractivity contribution is 0.0197. The molecule has 0 radical (unpaired) electrons. The van der Waals surface area contributed by atoms with Crippen molar-refractivity contribution in [1.82, 2.24) is 14.7 Å². The summed E-state index contributed by atoms with van der Waals surface area (Å²) in [5.41, 5.74) is 1.17. The van der Waals surface area contributed by atoms with Crippen LogP contribution in [0.1, 0.15) is 24.8 Å². The fraction of sp³-hybridized carbons (Fsp3) is 0.650. The van der Waals surface area contributed by atoms with Crippen LogP contribution >= 0.6 is 0 Å². The van der Waals surface area contributed by atoms with Crippen molar-refractivity contribution in [3.05, 3.63) is 35.9 Å². The molecule has 2 atom stereocenters. The summed E-state index contributed by atoms with van der Waals surface area (Å²) >= 11 is 0. The number of aliphatic hydroxyl groups excluding tert-OH is 1. The van der Waals surface area contributed by atoms with Crippen molar-refractivity contribution < 1.29 is 9.90 Å². The van der Waals surface area contributed by atoms with Crippen molar-refractivity contribution in [2.24, 2.45) is 11.3 Å². The molecule has 4 rings (SSSR count). The Morgan fingerprint density at radius 3 is 2.56 bits per heavy atom. The standard InChI is InChI=1S/C20H29N3O2/c24-16-20-14-21(12-17-6-2-1-3-7-17)13-18(20)8-11-23(15-20)19(25)22-9-4-5-10-22/h1-3,6-7,18,24H,4-5,8-16H2/t18-,20-/m0/s1. The Morgan fingerprint density at radius 2 is 1.84 bits per heavy atom. The number of amides is 2. The second-order valence-corrected chi connectivity index (χ2v) is 8.06. The quantitative estimate of drug-likeness (QED) is 0.913. The van der Waals surface area contributed by atoms with Crippen LogP contribution in [0.4, 0.5) is 4.79 Å². The highest BCUT2D eigenvalue weighted by Gasteiger charge is 2.50. The summed E-state index contributed by atoms with van der Waals surface area (Å²) in [6, 6.07) is 10.7. The van der Waals surface area contributed by atoms with E-state index in [1.54, 1.807) is 0 Å². The third-order valence-corrected chi connectivity index (χ3v) is 6.35. The second-order valence-electron chi connectivity index (χ2n) is 8.06. The lowest BCUT2D eigenvalue weighted by Gasteiger charge is -2.44. The molecule has 0 bridgehead atoms. The van der Waals surface area contributed by atoms with Gasteiger partial charge in [0.25, 0.3) is 0 Å². The van der Waals surface area contributed by atoms with Crippen LogP contribution in [0.25, 0.3) is 0 Å². The van der Waals surface area contributed by atoms with Gasteiger partial charge in [0.05, 0.1) is 6.61 Å². The third kappa shape index (κ3) is 3.27. The number of carbonyl (C=O) groups excluding carboxylic acids is 1. The number of benzene rings is 1. The molecular weight excluding hydrogens is 314 g/mol. The molecule has 3 saturated heterocycles. The van der Waals surface area contributed by atoms with E-state index in [2.05, 4.69) is 29.2 Å². The van der Waals surface area contributed by atoms with Gasteiger partial charge in [-0.2, -0.15) is 0 Å². The predicted molar refractivity (Wildman–Crippen MR) is 97.1 cm³/mol. The predicted octanol–water partition coefficient (Wildman–Crippen LogP) is 2.02. The smallest absolute Gasteiger partial charge is 0.320 e. The minimum Gasteiger partial charge on any atom is -0.396 e. The van der Waals surface area contributed by atoms with Crippen LogP contribution in [0.2, 0.25) is 0 Å². The molecule has 1 aromatic rings. The van der Waals surface area contributed by atoms with Gasteiger partial charge in [-0.1, -0.05) is 30.3 Å². The Bertz CT molecular complexity index is 602. The normalized spacial score (nSPS) is 29.9. The van der Waals surface area contributed by atoms with Crippen molar-refractivity contribution in [2.45, 2.75) is 25.8 Å². The van der Waals surface area contributed by atoms with Crippen LogP contribution in [0.15, 0.2) is 30.3 Å². The number of fused-ring (bicyclic) bond motifs is 1. The molecule has 3 aliphatic rings. The topological polar surface area (TPSA) is 47.0 Å². The number of carbonyl (C=O) groups is 1. The number of piperidine rings is 1. The number of likely N-dealkylation sites (tertiary alicyclic amines) is 3. The average Bonchev–Trinajstić information content (AvgIpc) is 3.29. The molecule has 2 amide bonds. The van der Waals surface area contributed by atoms with E-state index in [1.807, 2.05) is 15.9 Å². The van der Waals surface area contributed by atoms with Crippen LogP contribution < -0.4 is 0 Å². The summed E-state index contributed by atoms with van der Waals surface area (Å²) in [5.74, 6) is 0.490. The van der Waals surface area contributed by atoms with Gasteiger partial charge in [-0.15, -0.1) is 0 Å². The highest BCUT2D eigenvalue weighted by Crippen LogP contribution is 2.42. The molecule has 1 N–H and O–H groups in total. The Hall–Kier alpha value is -1.59. The van der Waals surface area contributed by atoms with Gasteiger partial charge in [-0.3, -0.25) is 4.90 Å². The highest BCUT2D eigenvalue weighted by molar-refractivity contribution is 5.75. The Morgan fingerprint density at radius 1 is 1.08 bits per heavy atom. The molecule has 3 aliphatic heterocycles. The van der Waals surface area contributed by atoms with E-state index >= 15 is 0 Å².